The van der Waals surface area contributed by atoms with Crippen LogP contribution in [0.15, 0.2) is 12.4 Å². The van der Waals surface area contributed by atoms with E-state index >= 15 is 0 Å². The molecule has 1 atom stereocenters. The number of hydrogen-bond acceptors (Lipinski definition) is 3. The highest BCUT2D eigenvalue weighted by Crippen LogP contribution is 2.25. The van der Waals surface area contributed by atoms with Crippen molar-refractivity contribution in [2.45, 2.75) is 19.4 Å². The lowest BCUT2D eigenvalue weighted by Gasteiger charge is -2.20. The zero-order chi connectivity index (χ0) is 11.7. The maximum atomic E-state index is 11.6. The lowest BCUT2D eigenvalue weighted by molar-refractivity contribution is 0.206. The van der Waals surface area contributed by atoms with Crippen LogP contribution in [0.1, 0.15) is 24.9 Å². The minimum absolute atomic E-state index is 0.194. The van der Waals surface area contributed by atoms with Crippen molar-refractivity contribution in [1.29, 1.82) is 5.41 Å². The summed E-state index contributed by atoms with van der Waals surface area (Å²) in [5.74, 6) is 0.228. The Labute approximate surface area is 93.7 Å². The number of carbonyl (C=O) groups excluding carboxylic acids is 1. The number of urea groups is 1. The fourth-order valence-electron chi connectivity index (χ4n) is 1.93. The van der Waals surface area contributed by atoms with Crippen molar-refractivity contribution in [3.05, 3.63) is 18.0 Å². The maximum Gasteiger partial charge on any atom is 0.323 e. The van der Waals surface area contributed by atoms with E-state index in [4.69, 9.17) is 5.41 Å². The molecule has 1 unspecified atom stereocenters. The van der Waals surface area contributed by atoms with E-state index in [0.29, 0.717) is 6.54 Å². The average molecular weight is 221 g/mol. The van der Waals surface area contributed by atoms with E-state index < -0.39 is 0 Å². The summed E-state index contributed by atoms with van der Waals surface area (Å²) >= 11 is 0. The molecule has 0 saturated carbocycles. The van der Waals surface area contributed by atoms with Gasteiger partial charge in [0.25, 0.3) is 0 Å². The van der Waals surface area contributed by atoms with Crippen molar-refractivity contribution in [3.63, 3.8) is 0 Å². The summed E-state index contributed by atoms with van der Waals surface area (Å²) in [6.45, 7) is 2.66. The second-order valence-corrected chi connectivity index (χ2v) is 3.89. The molecule has 0 aromatic carbocycles. The van der Waals surface area contributed by atoms with Crippen LogP contribution in [0.5, 0.6) is 0 Å². The third-order valence-electron chi connectivity index (χ3n) is 2.59. The van der Waals surface area contributed by atoms with Crippen LogP contribution in [-0.2, 0) is 7.05 Å². The Kier molecular flexibility index (Phi) is 2.64. The number of amidine groups is 1. The van der Waals surface area contributed by atoms with Gasteiger partial charge in [-0.3, -0.25) is 15.4 Å². The first-order chi connectivity index (χ1) is 7.63. The van der Waals surface area contributed by atoms with Gasteiger partial charge in [-0.2, -0.15) is 5.10 Å². The highest BCUT2D eigenvalue weighted by Gasteiger charge is 2.36. The van der Waals surface area contributed by atoms with E-state index in [1.54, 1.807) is 15.8 Å². The zero-order valence-corrected chi connectivity index (χ0v) is 9.40. The summed E-state index contributed by atoms with van der Waals surface area (Å²) in [5, 5.41) is 14.4. The molecular formula is C10H15N5O. The standard InChI is InChI=1S/C10H15N5O/c1-3-4-15-8(9(11)13-10(15)16)7-5-12-14(2)6-7/h5-6,8H,3-4H2,1-2H3,(H2,11,13,16). The van der Waals surface area contributed by atoms with Crippen molar-refractivity contribution in [2.75, 3.05) is 6.54 Å². The normalized spacial score (nSPS) is 20.4. The van der Waals surface area contributed by atoms with Gasteiger partial charge in [-0.1, -0.05) is 6.92 Å². The van der Waals surface area contributed by atoms with Crippen LogP contribution in [-0.4, -0.2) is 33.1 Å². The van der Waals surface area contributed by atoms with Gasteiger partial charge >= 0.3 is 6.03 Å². The molecule has 6 heteroatoms. The minimum atomic E-state index is -0.304. The van der Waals surface area contributed by atoms with Gasteiger partial charge in [-0.25, -0.2) is 4.79 Å². The predicted octanol–water partition coefficient (Wildman–Crippen LogP) is 0.874. The molecule has 1 fully saturated rings. The van der Waals surface area contributed by atoms with E-state index in [1.165, 1.54) is 0 Å². The van der Waals surface area contributed by atoms with Gasteiger partial charge in [0.1, 0.15) is 11.9 Å². The van der Waals surface area contributed by atoms with Gasteiger partial charge in [0.2, 0.25) is 0 Å². The zero-order valence-electron chi connectivity index (χ0n) is 9.40. The third kappa shape index (κ3) is 1.66. The molecule has 6 nitrogen and oxygen atoms in total. The Hall–Kier alpha value is -1.85. The Morgan fingerprint density at radius 3 is 2.94 bits per heavy atom. The molecule has 1 aliphatic heterocycles. The highest BCUT2D eigenvalue weighted by atomic mass is 16.2. The predicted molar refractivity (Wildman–Crippen MR) is 59.2 cm³/mol. The maximum absolute atomic E-state index is 11.6. The summed E-state index contributed by atoms with van der Waals surface area (Å²) < 4.78 is 1.68. The van der Waals surface area contributed by atoms with E-state index in [2.05, 4.69) is 10.4 Å². The first kappa shape index (κ1) is 10.7. The smallest absolute Gasteiger partial charge is 0.310 e. The van der Waals surface area contributed by atoms with E-state index in [0.717, 1.165) is 12.0 Å². The van der Waals surface area contributed by atoms with Crippen molar-refractivity contribution in [1.82, 2.24) is 20.0 Å². The number of hydrogen-bond donors (Lipinski definition) is 2. The molecule has 2 heterocycles. The molecule has 0 spiro atoms. The van der Waals surface area contributed by atoms with E-state index in [-0.39, 0.29) is 17.9 Å². The second-order valence-electron chi connectivity index (χ2n) is 3.89. The Morgan fingerprint density at radius 1 is 1.62 bits per heavy atom. The molecule has 0 radical (unpaired) electrons. The van der Waals surface area contributed by atoms with Crippen LogP contribution in [0.4, 0.5) is 4.79 Å². The lowest BCUT2D eigenvalue weighted by Crippen LogP contribution is -2.30. The Morgan fingerprint density at radius 2 is 2.38 bits per heavy atom. The molecule has 1 aromatic heterocycles. The minimum Gasteiger partial charge on any atom is -0.310 e. The molecular weight excluding hydrogens is 206 g/mol. The largest absolute Gasteiger partial charge is 0.323 e. The molecule has 86 valence electrons. The highest BCUT2D eigenvalue weighted by molar-refractivity contribution is 6.05. The van der Waals surface area contributed by atoms with Crippen LogP contribution >= 0.6 is 0 Å². The summed E-state index contributed by atoms with van der Waals surface area (Å²) in [4.78, 5) is 13.3. The van der Waals surface area contributed by atoms with Gasteiger partial charge in [0.05, 0.1) is 6.20 Å². The van der Waals surface area contributed by atoms with Gasteiger partial charge in [0, 0.05) is 25.4 Å². The van der Waals surface area contributed by atoms with Crippen LogP contribution < -0.4 is 5.32 Å². The lowest BCUT2D eigenvalue weighted by atomic mass is 10.1. The van der Waals surface area contributed by atoms with E-state index in [9.17, 15) is 4.79 Å². The number of amides is 2. The number of rotatable bonds is 3. The van der Waals surface area contributed by atoms with Gasteiger partial charge in [0.15, 0.2) is 0 Å². The fourth-order valence-corrected chi connectivity index (χ4v) is 1.93. The average Bonchev–Trinajstić information content (AvgIpc) is 2.73. The number of aromatic nitrogens is 2. The SMILES string of the molecule is CCCN1C(=O)NC(=N)C1c1cnn(C)c1. The van der Waals surface area contributed by atoms with Crippen molar-refractivity contribution in [2.24, 2.45) is 7.05 Å². The quantitative estimate of drug-likeness (QED) is 0.794. The summed E-state index contributed by atoms with van der Waals surface area (Å²) in [6.07, 6.45) is 4.40. The first-order valence-electron chi connectivity index (χ1n) is 5.28. The third-order valence-corrected chi connectivity index (χ3v) is 2.59. The first-order valence-corrected chi connectivity index (χ1v) is 5.28. The van der Waals surface area contributed by atoms with E-state index in [1.807, 2.05) is 20.2 Å². The molecule has 2 amide bonds. The van der Waals surface area contributed by atoms with Gasteiger partial charge in [-0.15, -0.1) is 0 Å². The topological polar surface area (TPSA) is 74.0 Å². The van der Waals surface area contributed by atoms with Crippen LogP contribution in [0.2, 0.25) is 0 Å². The van der Waals surface area contributed by atoms with Crippen molar-refractivity contribution in [3.8, 4) is 0 Å². The Bertz CT molecular complexity index is 425. The monoisotopic (exact) mass is 221 g/mol. The molecule has 1 aliphatic rings. The molecule has 16 heavy (non-hydrogen) atoms. The second kappa shape index (κ2) is 3.96. The van der Waals surface area contributed by atoms with Crippen molar-refractivity contribution < 1.29 is 4.79 Å². The van der Waals surface area contributed by atoms with Gasteiger partial charge < -0.3 is 4.90 Å². The molecule has 1 aromatic rings. The van der Waals surface area contributed by atoms with Crippen LogP contribution in [0.3, 0.4) is 0 Å². The molecule has 0 aliphatic carbocycles. The number of nitrogens with one attached hydrogen (secondary N) is 2. The van der Waals surface area contributed by atoms with Crippen LogP contribution in [0, 0.1) is 5.41 Å². The Balaban J connectivity index is 2.30. The number of nitrogens with zero attached hydrogens (tertiary/aromatic N) is 3. The molecule has 1 saturated heterocycles. The summed E-state index contributed by atoms with van der Waals surface area (Å²) in [7, 11) is 1.82. The van der Waals surface area contributed by atoms with Crippen LogP contribution in [0.25, 0.3) is 0 Å². The number of carbonyl (C=O) groups is 1. The summed E-state index contributed by atoms with van der Waals surface area (Å²) in [6, 6.07) is -0.498. The summed E-state index contributed by atoms with van der Waals surface area (Å²) in [5.41, 5.74) is 0.874. The molecule has 2 rings (SSSR count). The fraction of sp³-hybridized carbons (Fsp3) is 0.500. The molecule has 0 bridgehead atoms. The van der Waals surface area contributed by atoms with Gasteiger partial charge in [-0.05, 0) is 6.42 Å². The van der Waals surface area contributed by atoms with Crippen molar-refractivity contribution >= 4 is 11.9 Å². The molecule has 2 N–H and O–H groups in total. The number of aryl methyl sites for hydroxylation is 1.